The molecule has 1 aromatic rings. The fourth-order valence-corrected chi connectivity index (χ4v) is 1.65. The molecule has 8 heteroatoms. The summed E-state index contributed by atoms with van der Waals surface area (Å²) in [6.45, 7) is 3.93. The molecule has 0 saturated carbocycles. The first-order chi connectivity index (χ1) is 8.79. The van der Waals surface area contributed by atoms with Gasteiger partial charge in [-0.3, -0.25) is 14.2 Å². The minimum atomic E-state index is -0.944. The minimum absolute atomic E-state index is 0.0835. The zero-order valence-corrected chi connectivity index (χ0v) is 11.5. The van der Waals surface area contributed by atoms with Crippen LogP contribution >= 0.6 is 0 Å². The second-order valence-corrected chi connectivity index (χ2v) is 4.37. The lowest BCUT2D eigenvalue weighted by atomic mass is 10.2. The molecule has 1 aromatic heterocycles. The molecule has 0 amide bonds. The van der Waals surface area contributed by atoms with Gasteiger partial charge in [0.05, 0.1) is 5.92 Å². The predicted octanol–water partition coefficient (Wildman–Crippen LogP) is -0.974. The summed E-state index contributed by atoms with van der Waals surface area (Å²) in [5, 5.41) is 12.8. The average Bonchev–Trinajstić information content (AvgIpc) is 2.37. The summed E-state index contributed by atoms with van der Waals surface area (Å²) in [7, 11) is 2.81. The van der Waals surface area contributed by atoms with Gasteiger partial charge in [0.1, 0.15) is 0 Å². The number of hydrogen-bond donors (Lipinski definition) is 1. The Balaban J connectivity index is 3.23. The quantitative estimate of drug-likeness (QED) is 0.739. The van der Waals surface area contributed by atoms with Crippen molar-refractivity contribution in [1.29, 1.82) is 0 Å². The van der Waals surface area contributed by atoms with Gasteiger partial charge in [-0.25, -0.2) is 9.48 Å². The molecule has 0 fully saturated rings. The van der Waals surface area contributed by atoms with Gasteiger partial charge in [-0.05, 0) is 6.92 Å². The van der Waals surface area contributed by atoms with Gasteiger partial charge in [-0.15, -0.1) is 5.10 Å². The number of aromatic nitrogens is 3. The van der Waals surface area contributed by atoms with Crippen LogP contribution in [0.25, 0.3) is 0 Å². The highest BCUT2D eigenvalue weighted by molar-refractivity contribution is 5.70. The second kappa shape index (κ2) is 5.68. The molecule has 106 valence electrons. The van der Waals surface area contributed by atoms with E-state index in [-0.39, 0.29) is 12.4 Å². The maximum atomic E-state index is 12.0. The van der Waals surface area contributed by atoms with E-state index in [1.54, 1.807) is 18.7 Å². The summed E-state index contributed by atoms with van der Waals surface area (Å²) in [6.07, 6.45) is 0. The lowest BCUT2D eigenvalue weighted by Gasteiger charge is -2.23. The first-order valence-corrected chi connectivity index (χ1v) is 5.91. The lowest BCUT2D eigenvalue weighted by molar-refractivity contribution is -0.140. The van der Waals surface area contributed by atoms with Crippen LogP contribution in [0.5, 0.6) is 0 Å². The minimum Gasteiger partial charge on any atom is -0.481 e. The molecule has 1 unspecified atom stereocenters. The molecule has 0 aliphatic carbocycles. The maximum Gasteiger partial charge on any atom is 0.346 e. The Bertz CT molecular complexity index is 589. The lowest BCUT2D eigenvalue weighted by Crippen LogP contribution is -2.44. The van der Waals surface area contributed by atoms with Gasteiger partial charge in [-0.2, -0.15) is 0 Å². The topological polar surface area (TPSA) is 97.4 Å². The number of carboxylic acid groups (broad SMARTS) is 1. The van der Waals surface area contributed by atoms with Crippen molar-refractivity contribution >= 4 is 11.8 Å². The molecule has 0 bridgehead atoms. The highest BCUT2D eigenvalue weighted by atomic mass is 16.4. The molecule has 0 aromatic carbocycles. The van der Waals surface area contributed by atoms with Crippen molar-refractivity contribution in [3.63, 3.8) is 0 Å². The highest BCUT2D eigenvalue weighted by Crippen LogP contribution is 2.06. The van der Waals surface area contributed by atoms with E-state index in [0.29, 0.717) is 6.54 Å². The summed E-state index contributed by atoms with van der Waals surface area (Å²) in [4.78, 5) is 36.0. The number of carbonyl (C=O) groups is 1. The van der Waals surface area contributed by atoms with Gasteiger partial charge < -0.3 is 10.0 Å². The normalized spacial score (nSPS) is 12.2. The van der Waals surface area contributed by atoms with E-state index in [1.807, 2.05) is 0 Å². The van der Waals surface area contributed by atoms with Gasteiger partial charge in [0, 0.05) is 27.2 Å². The number of anilines is 1. The number of hydrogen-bond acceptors (Lipinski definition) is 5. The Morgan fingerprint density at radius 2 is 2.00 bits per heavy atom. The van der Waals surface area contributed by atoms with Gasteiger partial charge in [-0.1, -0.05) is 6.92 Å². The van der Waals surface area contributed by atoms with E-state index in [4.69, 9.17) is 5.11 Å². The Labute approximate surface area is 109 Å². The van der Waals surface area contributed by atoms with Crippen LogP contribution in [0, 0.1) is 5.92 Å². The van der Waals surface area contributed by atoms with Crippen LogP contribution in [0.4, 0.5) is 5.82 Å². The Morgan fingerprint density at radius 3 is 2.47 bits per heavy atom. The first-order valence-electron chi connectivity index (χ1n) is 5.91. The second-order valence-electron chi connectivity index (χ2n) is 4.37. The molecule has 1 atom stereocenters. The molecule has 0 aliphatic heterocycles. The van der Waals surface area contributed by atoms with Crippen molar-refractivity contribution in [2.24, 2.45) is 20.0 Å². The zero-order valence-electron chi connectivity index (χ0n) is 11.5. The van der Waals surface area contributed by atoms with Crippen LogP contribution in [0.15, 0.2) is 9.59 Å². The van der Waals surface area contributed by atoms with Crippen LogP contribution in [0.1, 0.15) is 13.8 Å². The maximum absolute atomic E-state index is 12.0. The summed E-state index contributed by atoms with van der Waals surface area (Å²) in [5.74, 6) is -1.50. The third kappa shape index (κ3) is 3.01. The highest BCUT2D eigenvalue weighted by Gasteiger charge is 2.20. The van der Waals surface area contributed by atoms with Crippen molar-refractivity contribution in [2.75, 3.05) is 18.0 Å². The molecule has 0 aliphatic rings. The molecule has 0 radical (unpaired) electrons. The molecule has 8 nitrogen and oxygen atoms in total. The fraction of sp³-hybridized carbons (Fsp3) is 0.636. The van der Waals surface area contributed by atoms with Gasteiger partial charge in [0.15, 0.2) is 0 Å². The van der Waals surface area contributed by atoms with E-state index in [2.05, 4.69) is 5.10 Å². The summed E-state index contributed by atoms with van der Waals surface area (Å²) in [5.41, 5.74) is -1.04. The molecule has 1 heterocycles. The first kappa shape index (κ1) is 14.9. The molecular weight excluding hydrogens is 252 g/mol. The third-order valence-electron chi connectivity index (χ3n) is 2.90. The number of aryl methyl sites for hydroxylation is 1. The predicted molar refractivity (Wildman–Crippen MR) is 69.4 cm³/mol. The van der Waals surface area contributed by atoms with Crippen molar-refractivity contribution in [3.8, 4) is 0 Å². The zero-order chi connectivity index (χ0) is 14.7. The number of aliphatic carboxylic acids is 1. The van der Waals surface area contributed by atoms with E-state index >= 15 is 0 Å². The standard InChI is InChI=1S/C11H18N4O4/c1-5-15(6-7(2)10(17)18)8-9(16)13(3)11(19)14(4)12-8/h7H,5-6H2,1-4H3,(H,17,18). The SMILES string of the molecule is CCN(CC(C)C(=O)O)c1nn(C)c(=O)n(C)c1=O. The number of rotatable bonds is 5. The Kier molecular flexibility index (Phi) is 4.47. The van der Waals surface area contributed by atoms with Crippen LogP contribution < -0.4 is 16.1 Å². The van der Waals surface area contributed by atoms with Crippen molar-refractivity contribution in [3.05, 3.63) is 20.8 Å². The molecule has 19 heavy (non-hydrogen) atoms. The average molecular weight is 270 g/mol. The van der Waals surface area contributed by atoms with Crippen LogP contribution in [-0.4, -0.2) is 38.5 Å². The Morgan fingerprint density at radius 1 is 1.42 bits per heavy atom. The monoisotopic (exact) mass is 270 g/mol. The van der Waals surface area contributed by atoms with E-state index in [0.717, 1.165) is 9.25 Å². The number of carboxylic acids is 1. The van der Waals surface area contributed by atoms with Crippen LogP contribution in [0.2, 0.25) is 0 Å². The van der Waals surface area contributed by atoms with Crippen molar-refractivity contribution in [1.82, 2.24) is 14.3 Å². The molecule has 0 saturated heterocycles. The van der Waals surface area contributed by atoms with Gasteiger partial charge in [0.2, 0.25) is 5.82 Å². The summed E-state index contributed by atoms with van der Waals surface area (Å²) < 4.78 is 2.02. The summed E-state index contributed by atoms with van der Waals surface area (Å²) >= 11 is 0. The summed E-state index contributed by atoms with van der Waals surface area (Å²) in [6, 6.07) is 0. The van der Waals surface area contributed by atoms with Crippen LogP contribution in [-0.2, 0) is 18.9 Å². The van der Waals surface area contributed by atoms with E-state index < -0.39 is 23.1 Å². The van der Waals surface area contributed by atoms with E-state index in [9.17, 15) is 14.4 Å². The molecule has 1 rings (SSSR count). The van der Waals surface area contributed by atoms with Crippen molar-refractivity contribution in [2.45, 2.75) is 13.8 Å². The van der Waals surface area contributed by atoms with Gasteiger partial charge >= 0.3 is 11.7 Å². The molecular formula is C11H18N4O4. The molecule has 0 spiro atoms. The smallest absolute Gasteiger partial charge is 0.346 e. The fourth-order valence-electron chi connectivity index (χ4n) is 1.65. The third-order valence-corrected chi connectivity index (χ3v) is 2.90. The van der Waals surface area contributed by atoms with Gasteiger partial charge in [0.25, 0.3) is 5.56 Å². The van der Waals surface area contributed by atoms with E-state index in [1.165, 1.54) is 14.1 Å². The Hall–Kier alpha value is -2.12. The molecule has 1 N–H and O–H groups in total. The number of nitrogens with zero attached hydrogens (tertiary/aromatic N) is 4. The largest absolute Gasteiger partial charge is 0.481 e. The van der Waals surface area contributed by atoms with Crippen molar-refractivity contribution < 1.29 is 9.90 Å². The van der Waals surface area contributed by atoms with Crippen LogP contribution in [0.3, 0.4) is 0 Å².